The maximum atomic E-state index is 11.9. The summed E-state index contributed by atoms with van der Waals surface area (Å²) in [4.78, 5) is 23.7. The van der Waals surface area contributed by atoms with Gasteiger partial charge in [0.05, 0.1) is 13.2 Å². The van der Waals surface area contributed by atoms with Gasteiger partial charge in [0, 0.05) is 24.0 Å². The number of carbonyl (C=O) groups excluding carboxylic acids is 2. The van der Waals surface area contributed by atoms with Gasteiger partial charge in [-0.2, -0.15) is 0 Å². The molecule has 0 aliphatic heterocycles. The molecule has 0 amide bonds. The maximum absolute atomic E-state index is 11.9. The Bertz CT molecular complexity index is 818. The van der Waals surface area contributed by atoms with E-state index in [1.807, 2.05) is 60.7 Å². The first-order valence-electron chi connectivity index (χ1n) is 9.14. The number of ether oxygens (including phenoxy) is 2. The molecule has 3 rings (SSSR count). The van der Waals surface area contributed by atoms with Crippen molar-refractivity contribution < 1.29 is 19.1 Å². The van der Waals surface area contributed by atoms with Gasteiger partial charge in [-0.3, -0.25) is 0 Å². The molecule has 0 unspecified atom stereocenters. The Morgan fingerprint density at radius 2 is 1.14 bits per heavy atom. The van der Waals surface area contributed by atoms with E-state index in [9.17, 15) is 9.59 Å². The van der Waals surface area contributed by atoms with Gasteiger partial charge >= 0.3 is 11.9 Å². The SMILES string of the molecule is O=C(/C=C/c1ccccc1)OC[C@@H]1[C@H](COC(=O)/C=C/c2ccccc2)C1(Cl)Cl. The van der Waals surface area contributed by atoms with E-state index in [2.05, 4.69) is 0 Å². The van der Waals surface area contributed by atoms with Crippen LogP contribution in [0.2, 0.25) is 0 Å². The van der Waals surface area contributed by atoms with E-state index in [0.29, 0.717) is 0 Å². The Kier molecular flexibility index (Phi) is 7.13. The summed E-state index contributed by atoms with van der Waals surface area (Å²) >= 11 is 12.5. The Balaban J connectivity index is 1.41. The zero-order valence-electron chi connectivity index (χ0n) is 15.5. The fourth-order valence-corrected chi connectivity index (χ4v) is 3.55. The fraction of sp³-hybridized carbons (Fsp3) is 0.217. The van der Waals surface area contributed by atoms with Crippen molar-refractivity contribution in [3.05, 3.63) is 83.9 Å². The Hall–Kier alpha value is -2.56. The topological polar surface area (TPSA) is 52.6 Å². The normalized spacial score (nSPS) is 19.9. The number of hydrogen-bond donors (Lipinski definition) is 0. The Labute approximate surface area is 179 Å². The molecule has 0 aromatic heterocycles. The van der Waals surface area contributed by atoms with Crippen molar-refractivity contribution in [3.8, 4) is 0 Å². The second kappa shape index (κ2) is 9.77. The molecular weight excluding hydrogens is 411 g/mol. The molecule has 2 aromatic carbocycles. The molecule has 0 saturated heterocycles. The van der Waals surface area contributed by atoms with E-state index < -0.39 is 16.3 Å². The minimum Gasteiger partial charge on any atom is -0.462 e. The number of carbonyl (C=O) groups is 2. The third-order valence-electron chi connectivity index (χ3n) is 4.60. The van der Waals surface area contributed by atoms with E-state index in [1.54, 1.807) is 12.2 Å². The van der Waals surface area contributed by atoms with Crippen molar-refractivity contribution in [1.29, 1.82) is 0 Å². The lowest BCUT2D eigenvalue weighted by atomic mass is 10.2. The van der Waals surface area contributed by atoms with E-state index in [-0.39, 0.29) is 25.0 Å². The van der Waals surface area contributed by atoms with Crippen molar-refractivity contribution in [3.63, 3.8) is 0 Å². The molecule has 6 heteroatoms. The zero-order valence-corrected chi connectivity index (χ0v) is 17.1. The number of alkyl halides is 2. The molecule has 0 radical (unpaired) electrons. The van der Waals surface area contributed by atoms with Crippen LogP contribution in [0.5, 0.6) is 0 Å². The van der Waals surface area contributed by atoms with E-state index in [4.69, 9.17) is 32.7 Å². The summed E-state index contributed by atoms with van der Waals surface area (Å²) in [6.07, 6.45) is 6.04. The van der Waals surface area contributed by atoms with Gasteiger partial charge in [-0.1, -0.05) is 60.7 Å². The van der Waals surface area contributed by atoms with Crippen LogP contribution < -0.4 is 0 Å². The third kappa shape index (κ3) is 6.21. The average Bonchev–Trinajstić information content (AvgIpc) is 3.27. The van der Waals surface area contributed by atoms with Gasteiger partial charge in [0.1, 0.15) is 4.33 Å². The van der Waals surface area contributed by atoms with Crippen LogP contribution in [-0.4, -0.2) is 29.5 Å². The molecule has 2 aromatic rings. The van der Waals surface area contributed by atoms with E-state index >= 15 is 0 Å². The van der Waals surface area contributed by atoms with Crippen molar-refractivity contribution >= 4 is 47.3 Å². The van der Waals surface area contributed by atoms with Gasteiger partial charge in [-0.15, -0.1) is 23.2 Å². The molecule has 1 aliphatic carbocycles. The van der Waals surface area contributed by atoms with Crippen LogP contribution in [0.15, 0.2) is 72.8 Å². The number of hydrogen-bond acceptors (Lipinski definition) is 4. The Morgan fingerprint density at radius 1 is 0.759 bits per heavy atom. The summed E-state index contributed by atoms with van der Waals surface area (Å²) in [6, 6.07) is 18.8. The van der Waals surface area contributed by atoms with Crippen LogP contribution in [0, 0.1) is 11.8 Å². The standard InChI is InChI=1S/C23H20Cl2O4/c24-23(25)19(15-28-21(26)13-11-17-7-3-1-4-8-17)20(23)16-29-22(27)14-12-18-9-5-2-6-10-18/h1-14,19-20H,15-16H2/b13-11+,14-12+/t19-,20+. The molecule has 1 fully saturated rings. The molecule has 0 heterocycles. The summed E-state index contributed by atoms with van der Waals surface area (Å²) in [5.74, 6) is -1.53. The predicted octanol–water partition coefficient (Wildman–Crippen LogP) is 4.92. The van der Waals surface area contributed by atoms with Crippen molar-refractivity contribution in [1.82, 2.24) is 0 Å². The molecule has 1 saturated carbocycles. The molecule has 0 spiro atoms. The first-order chi connectivity index (χ1) is 14.0. The highest BCUT2D eigenvalue weighted by molar-refractivity contribution is 6.51. The van der Waals surface area contributed by atoms with Gasteiger partial charge in [0.2, 0.25) is 0 Å². The van der Waals surface area contributed by atoms with Gasteiger partial charge < -0.3 is 9.47 Å². The maximum Gasteiger partial charge on any atom is 0.330 e. The zero-order chi connectivity index (χ0) is 20.7. The van der Waals surface area contributed by atoms with E-state index in [1.165, 1.54) is 12.2 Å². The number of rotatable bonds is 8. The molecule has 2 atom stereocenters. The number of esters is 2. The van der Waals surface area contributed by atoms with Crippen LogP contribution in [0.25, 0.3) is 12.2 Å². The molecule has 0 N–H and O–H groups in total. The summed E-state index contributed by atoms with van der Waals surface area (Å²) < 4.78 is 9.36. The predicted molar refractivity (Wildman–Crippen MR) is 114 cm³/mol. The molecule has 1 aliphatic rings. The summed E-state index contributed by atoms with van der Waals surface area (Å²) in [7, 11) is 0. The van der Waals surface area contributed by atoms with Crippen LogP contribution in [0.4, 0.5) is 0 Å². The molecule has 4 nitrogen and oxygen atoms in total. The second-order valence-electron chi connectivity index (χ2n) is 6.64. The molecule has 29 heavy (non-hydrogen) atoms. The highest BCUT2D eigenvalue weighted by Gasteiger charge is 2.64. The molecular formula is C23H20Cl2O4. The van der Waals surface area contributed by atoms with Crippen LogP contribution in [-0.2, 0) is 19.1 Å². The first kappa shape index (κ1) is 21.2. The van der Waals surface area contributed by atoms with Crippen molar-refractivity contribution in [2.45, 2.75) is 4.33 Å². The Morgan fingerprint density at radius 3 is 1.52 bits per heavy atom. The minimum absolute atomic E-state index is 0.0625. The number of halogens is 2. The lowest BCUT2D eigenvalue weighted by Crippen LogP contribution is -2.08. The third-order valence-corrected chi connectivity index (χ3v) is 5.72. The minimum atomic E-state index is -1.08. The van der Waals surface area contributed by atoms with Gasteiger partial charge in [-0.05, 0) is 23.3 Å². The smallest absolute Gasteiger partial charge is 0.330 e. The second-order valence-corrected chi connectivity index (χ2v) is 8.08. The summed E-state index contributed by atoms with van der Waals surface area (Å²) in [5, 5.41) is 0. The highest BCUT2D eigenvalue weighted by Crippen LogP contribution is 2.59. The first-order valence-corrected chi connectivity index (χ1v) is 9.90. The van der Waals surface area contributed by atoms with Crippen LogP contribution >= 0.6 is 23.2 Å². The van der Waals surface area contributed by atoms with E-state index in [0.717, 1.165) is 11.1 Å². The highest BCUT2D eigenvalue weighted by atomic mass is 35.5. The summed E-state index contributed by atoms with van der Waals surface area (Å²) in [6.45, 7) is 0.125. The summed E-state index contributed by atoms with van der Waals surface area (Å²) in [5.41, 5.74) is 1.79. The monoisotopic (exact) mass is 430 g/mol. The largest absolute Gasteiger partial charge is 0.462 e. The molecule has 0 bridgehead atoms. The van der Waals surface area contributed by atoms with Crippen molar-refractivity contribution in [2.75, 3.05) is 13.2 Å². The lowest BCUT2D eigenvalue weighted by molar-refractivity contribution is -0.140. The average molecular weight is 431 g/mol. The van der Waals surface area contributed by atoms with Gasteiger partial charge in [-0.25, -0.2) is 9.59 Å². The number of benzene rings is 2. The lowest BCUT2D eigenvalue weighted by Gasteiger charge is -2.02. The van der Waals surface area contributed by atoms with Gasteiger partial charge in [0.15, 0.2) is 0 Å². The van der Waals surface area contributed by atoms with Crippen LogP contribution in [0.1, 0.15) is 11.1 Å². The van der Waals surface area contributed by atoms with Crippen molar-refractivity contribution in [2.24, 2.45) is 11.8 Å². The molecule has 150 valence electrons. The van der Waals surface area contributed by atoms with Gasteiger partial charge in [0.25, 0.3) is 0 Å². The quantitative estimate of drug-likeness (QED) is 0.338. The fourth-order valence-electron chi connectivity index (χ4n) is 2.81. The van der Waals surface area contributed by atoms with Crippen LogP contribution in [0.3, 0.4) is 0 Å².